The number of amides is 4. The molecular weight excluding hydrogens is 248 g/mol. The molecule has 2 rings (SSSR count). The van der Waals surface area contributed by atoms with Crippen molar-refractivity contribution < 1.29 is 19.1 Å². The van der Waals surface area contributed by atoms with Crippen LogP contribution in [0.2, 0.25) is 5.02 Å². The highest BCUT2D eigenvalue weighted by molar-refractivity contribution is 6.30. The first-order valence-electron chi connectivity index (χ1n) is 4.64. The Morgan fingerprint density at radius 3 is 2.06 bits per heavy atom. The number of carbonyl (C=O) groups excluding carboxylic acids is 3. The van der Waals surface area contributed by atoms with E-state index in [1.807, 2.05) is 10.6 Å². The summed E-state index contributed by atoms with van der Waals surface area (Å²) in [6.07, 6.45) is -1.38. The van der Waals surface area contributed by atoms with Crippen molar-refractivity contribution in [2.75, 3.05) is 0 Å². The number of halogens is 1. The largest absolute Gasteiger partial charge is 0.471 e. The molecule has 0 unspecified atom stereocenters. The molecule has 1 aromatic carbocycles. The molecule has 1 aromatic rings. The molecule has 88 valence electrons. The molecule has 0 spiro atoms. The molecule has 1 fully saturated rings. The van der Waals surface area contributed by atoms with Gasteiger partial charge < -0.3 is 4.74 Å². The number of benzene rings is 1. The zero-order valence-corrected chi connectivity index (χ0v) is 9.15. The lowest BCUT2D eigenvalue weighted by Crippen LogP contribution is -2.60. The van der Waals surface area contributed by atoms with Crippen LogP contribution in [0, 0.1) is 0 Å². The molecule has 0 aliphatic carbocycles. The lowest BCUT2D eigenvalue weighted by atomic mass is 10.2. The van der Waals surface area contributed by atoms with Crippen LogP contribution in [-0.4, -0.2) is 23.9 Å². The van der Waals surface area contributed by atoms with Crippen molar-refractivity contribution in [2.45, 2.75) is 6.10 Å². The Labute approximate surface area is 101 Å². The Bertz CT molecular complexity index is 466. The zero-order chi connectivity index (χ0) is 12.4. The van der Waals surface area contributed by atoms with Gasteiger partial charge in [-0.1, -0.05) is 11.6 Å². The van der Waals surface area contributed by atoms with Crippen molar-refractivity contribution >= 4 is 29.4 Å². The van der Waals surface area contributed by atoms with Crippen LogP contribution in [0.5, 0.6) is 5.75 Å². The minimum Gasteiger partial charge on any atom is -0.471 e. The van der Waals surface area contributed by atoms with Gasteiger partial charge in [0.25, 0.3) is 17.9 Å². The van der Waals surface area contributed by atoms with E-state index >= 15 is 0 Å². The van der Waals surface area contributed by atoms with E-state index in [0.717, 1.165) is 0 Å². The minimum atomic E-state index is -1.38. The van der Waals surface area contributed by atoms with Gasteiger partial charge in [-0.25, -0.2) is 4.79 Å². The molecule has 1 aliphatic rings. The number of urea groups is 1. The van der Waals surface area contributed by atoms with Gasteiger partial charge in [0.1, 0.15) is 5.75 Å². The molecule has 4 amide bonds. The summed E-state index contributed by atoms with van der Waals surface area (Å²) in [5.74, 6) is -1.29. The molecule has 0 atom stereocenters. The fraction of sp³-hybridized carbons (Fsp3) is 0.100. The summed E-state index contributed by atoms with van der Waals surface area (Å²) < 4.78 is 5.15. The second-order valence-corrected chi connectivity index (χ2v) is 3.70. The van der Waals surface area contributed by atoms with Crippen molar-refractivity contribution in [1.29, 1.82) is 0 Å². The fourth-order valence-corrected chi connectivity index (χ4v) is 1.39. The van der Waals surface area contributed by atoms with E-state index in [1.165, 1.54) is 12.1 Å². The first-order valence-corrected chi connectivity index (χ1v) is 5.02. The molecule has 17 heavy (non-hydrogen) atoms. The second-order valence-electron chi connectivity index (χ2n) is 3.26. The fourth-order valence-electron chi connectivity index (χ4n) is 1.26. The molecule has 0 radical (unpaired) electrons. The average Bonchev–Trinajstić information content (AvgIpc) is 2.26. The molecule has 1 aliphatic heterocycles. The van der Waals surface area contributed by atoms with Gasteiger partial charge >= 0.3 is 6.03 Å². The summed E-state index contributed by atoms with van der Waals surface area (Å²) in [4.78, 5) is 33.5. The average molecular weight is 255 g/mol. The van der Waals surface area contributed by atoms with E-state index in [2.05, 4.69) is 0 Å². The molecule has 0 saturated carbocycles. The van der Waals surface area contributed by atoms with Crippen molar-refractivity contribution in [3.8, 4) is 5.75 Å². The number of rotatable bonds is 2. The Morgan fingerprint density at radius 2 is 1.53 bits per heavy atom. The number of nitrogens with one attached hydrogen (secondary N) is 2. The van der Waals surface area contributed by atoms with Gasteiger partial charge in [0.05, 0.1) is 0 Å². The maximum atomic E-state index is 11.3. The third kappa shape index (κ3) is 2.54. The van der Waals surface area contributed by atoms with Crippen molar-refractivity contribution in [1.82, 2.24) is 10.6 Å². The van der Waals surface area contributed by atoms with Gasteiger partial charge in [-0.15, -0.1) is 0 Å². The van der Waals surface area contributed by atoms with Gasteiger partial charge in [0.2, 0.25) is 0 Å². The molecule has 0 aromatic heterocycles. The molecule has 0 bridgehead atoms. The predicted molar refractivity (Wildman–Crippen MR) is 57.5 cm³/mol. The summed E-state index contributed by atoms with van der Waals surface area (Å²) in [6, 6.07) is 5.29. The maximum absolute atomic E-state index is 11.3. The van der Waals surface area contributed by atoms with Crippen LogP contribution in [0.15, 0.2) is 24.3 Å². The van der Waals surface area contributed by atoms with Crippen molar-refractivity contribution in [2.24, 2.45) is 0 Å². The van der Waals surface area contributed by atoms with Gasteiger partial charge in [-0.05, 0) is 24.3 Å². The highest BCUT2D eigenvalue weighted by Gasteiger charge is 2.36. The third-order valence-corrected chi connectivity index (χ3v) is 2.27. The molecule has 6 nitrogen and oxygen atoms in total. The Balaban J connectivity index is 2.12. The van der Waals surface area contributed by atoms with Gasteiger partial charge in [0, 0.05) is 5.02 Å². The van der Waals surface area contributed by atoms with E-state index in [9.17, 15) is 14.4 Å². The highest BCUT2D eigenvalue weighted by Crippen LogP contribution is 2.17. The maximum Gasteiger partial charge on any atom is 0.328 e. The van der Waals surface area contributed by atoms with E-state index in [1.54, 1.807) is 12.1 Å². The summed E-state index contributed by atoms with van der Waals surface area (Å²) >= 11 is 5.67. The van der Waals surface area contributed by atoms with Crippen LogP contribution in [0.3, 0.4) is 0 Å². The van der Waals surface area contributed by atoms with Crippen LogP contribution in [0.25, 0.3) is 0 Å². The normalized spacial score (nSPS) is 16.4. The van der Waals surface area contributed by atoms with Crippen LogP contribution >= 0.6 is 11.6 Å². The van der Waals surface area contributed by atoms with Gasteiger partial charge in [0.15, 0.2) is 0 Å². The number of carbonyl (C=O) groups is 3. The van der Waals surface area contributed by atoms with Crippen LogP contribution < -0.4 is 15.4 Å². The highest BCUT2D eigenvalue weighted by atomic mass is 35.5. The molecular formula is C10H7ClN2O4. The SMILES string of the molecule is O=C1NC(=O)C(Oc2ccc(Cl)cc2)C(=O)N1. The predicted octanol–water partition coefficient (Wildman–Crippen LogP) is 0.453. The van der Waals surface area contributed by atoms with Gasteiger partial charge in [-0.2, -0.15) is 0 Å². The molecule has 2 N–H and O–H groups in total. The van der Waals surface area contributed by atoms with E-state index in [0.29, 0.717) is 10.8 Å². The summed E-state index contributed by atoms with van der Waals surface area (Å²) in [7, 11) is 0. The summed E-state index contributed by atoms with van der Waals surface area (Å²) in [6.45, 7) is 0. The quantitative estimate of drug-likeness (QED) is 0.751. The van der Waals surface area contributed by atoms with Gasteiger partial charge in [-0.3, -0.25) is 20.2 Å². The molecule has 1 heterocycles. The summed E-state index contributed by atoms with van der Waals surface area (Å²) in [5, 5.41) is 4.37. The van der Waals surface area contributed by atoms with E-state index in [4.69, 9.17) is 16.3 Å². The zero-order valence-electron chi connectivity index (χ0n) is 8.40. The third-order valence-electron chi connectivity index (χ3n) is 2.02. The Kier molecular flexibility index (Phi) is 2.97. The van der Waals surface area contributed by atoms with Crippen molar-refractivity contribution in [3.63, 3.8) is 0 Å². The number of ether oxygens (including phenoxy) is 1. The lowest BCUT2D eigenvalue weighted by Gasteiger charge is -2.21. The number of hydrogen-bond acceptors (Lipinski definition) is 4. The summed E-state index contributed by atoms with van der Waals surface area (Å²) in [5.41, 5.74) is 0. The Morgan fingerprint density at radius 1 is 1.00 bits per heavy atom. The van der Waals surface area contributed by atoms with Crippen molar-refractivity contribution in [3.05, 3.63) is 29.3 Å². The second kappa shape index (κ2) is 4.42. The Hall–Kier alpha value is -2.08. The van der Waals surface area contributed by atoms with Crippen LogP contribution in [-0.2, 0) is 9.59 Å². The number of barbiturate groups is 1. The topological polar surface area (TPSA) is 84.5 Å². The standard InChI is InChI=1S/C10H7ClN2O4/c11-5-1-3-6(4-2-5)17-7-8(14)12-10(16)13-9(7)15/h1-4,7H,(H2,12,13,14,15,16). The minimum absolute atomic E-state index is 0.305. The van der Waals surface area contributed by atoms with E-state index in [-0.39, 0.29) is 0 Å². The van der Waals surface area contributed by atoms with Crippen LogP contribution in [0.4, 0.5) is 4.79 Å². The molecule has 7 heteroatoms. The molecule has 1 saturated heterocycles. The van der Waals surface area contributed by atoms with Crippen LogP contribution in [0.1, 0.15) is 0 Å². The smallest absolute Gasteiger partial charge is 0.328 e. The first kappa shape index (κ1) is 11.4. The first-order chi connectivity index (χ1) is 8.06. The lowest BCUT2D eigenvalue weighted by molar-refractivity contribution is -0.139. The monoisotopic (exact) mass is 254 g/mol. The number of hydrogen-bond donors (Lipinski definition) is 2. The number of imide groups is 2. The van der Waals surface area contributed by atoms with E-state index < -0.39 is 23.9 Å².